The van der Waals surface area contributed by atoms with Crippen LogP contribution in [0.4, 0.5) is 0 Å². The van der Waals surface area contributed by atoms with Crippen molar-refractivity contribution < 1.29 is 4.79 Å². The molecule has 150 valence electrons. The fourth-order valence-electron chi connectivity index (χ4n) is 4.48. The molecule has 0 radical (unpaired) electrons. The Morgan fingerprint density at radius 2 is 2.18 bits per heavy atom. The van der Waals surface area contributed by atoms with Crippen LogP contribution in [0.2, 0.25) is 5.02 Å². The van der Waals surface area contributed by atoms with Crippen molar-refractivity contribution in [2.24, 2.45) is 0 Å². The molecule has 0 spiro atoms. The lowest BCUT2D eigenvalue weighted by molar-refractivity contribution is -0.118. The molecular weight excluding hydrogens is 390 g/mol. The molecule has 1 aromatic carbocycles. The van der Waals surface area contributed by atoms with E-state index in [1.165, 1.54) is 41.8 Å². The summed E-state index contributed by atoms with van der Waals surface area (Å²) in [6.45, 7) is 5.17. The summed E-state index contributed by atoms with van der Waals surface area (Å²) in [5, 5.41) is 4.96. The third-order valence-corrected chi connectivity index (χ3v) is 7.36. The van der Waals surface area contributed by atoms with Gasteiger partial charge in [0.2, 0.25) is 5.91 Å². The van der Waals surface area contributed by atoms with Crippen LogP contribution in [0.15, 0.2) is 23.1 Å². The third kappa shape index (κ3) is 4.32. The van der Waals surface area contributed by atoms with Crippen molar-refractivity contribution in [2.75, 3.05) is 25.4 Å². The number of likely N-dealkylation sites (N-methyl/N-ethyl adjacent to an activating group) is 1. The minimum atomic E-state index is 0.115. The van der Waals surface area contributed by atoms with Gasteiger partial charge in [-0.25, -0.2) is 0 Å². The number of carbonyl (C=O) groups excluding carboxylic acids is 1. The lowest BCUT2D eigenvalue weighted by Crippen LogP contribution is -2.40. The average molecular weight is 418 g/mol. The predicted molar refractivity (Wildman–Crippen MR) is 117 cm³/mol. The van der Waals surface area contributed by atoms with Crippen LogP contribution < -0.4 is 5.32 Å². The van der Waals surface area contributed by atoms with Crippen molar-refractivity contribution in [3.8, 4) is 0 Å². The molecule has 1 aliphatic carbocycles. The maximum absolute atomic E-state index is 12.5. The van der Waals surface area contributed by atoms with Crippen molar-refractivity contribution in [1.82, 2.24) is 15.2 Å². The van der Waals surface area contributed by atoms with Gasteiger partial charge in [0, 0.05) is 33.6 Å². The van der Waals surface area contributed by atoms with E-state index in [-0.39, 0.29) is 5.91 Å². The van der Waals surface area contributed by atoms with E-state index in [2.05, 4.69) is 17.1 Å². The molecule has 1 atom stereocenters. The highest BCUT2D eigenvalue weighted by atomic mass is 35.5. The van der Waals surface area contributed by atoms with E-state index in [4.69, 9.17) is 16.6 Å². The highest BCUT2D eigenvalue weighted by Crippen LogP contribution is 2.37. The zero-order valence-electron chi connectivity index (χ0n) is 16.5. The molecule has 28 heavy (non-hydrogen) atoms. The Morgan fingerprint density at radius 3 is 3.04 bits per heavy atom. The highest BCUT2D eigenvalue weighted by molar-refractivity contribution is 8.00. The monoisotopic (exact) mass is 417 g/mol. The number of halogens is 1. The fourth-order valence-corrected chi connectivity index (χ4v) is 5.74. The molecule has 1 aromatic heterocycles. The number of fused-ring (bicyclic) bond motifs is 2. The van der Waals surface area contributed by atoms with Gasteiger partial charge in [0.1, 0.15) is 0 Å². The first kappa shape index (κ1) is 20.0. The van der Waals surface area contributed by atoms with Gasteiger partial charge in [-0.05, 0) is 75.4 Å². The topological polar surface area (TPSA) is 45.2 Å². The van der Waals surface area contributed by atoms with Gasteiger partial charge in [-0.3, -0.25) is 14.7 Å². The van der Waals surface area contributed by atoms with Crippen molar-refractivity contribution in [3.63, 3.8) is 0 Å². The molecule has 1 fully saturated rings. The third-order valence-electron chi connectivity index (χ3n) is 5.96. The maximum Gasteiger partial charge on any atom is 0.230 e. The predicted octanol–water partition coefficient (Wildman–Crippen LogP) is 4.46. The number of aromatic nitrogens is 1. The number of aryl methyl sites for hydroxylation is 1. The molecule has 0 bridgehead atoms. The number of rotatable bonds is 6. The molecule has 1 N–H and O–H groups in total. The molecule has 2 aromatic rings. The number of thioether (sulfide) groups is 1. The second kappa shape index (κ2) is 9.02. The molecule has 6 heteroatoms. The maximum atomic E-state index is 12.5. The quantitative estimate of drug-likeness (QED) is 0.705. The van der Waals surface area contributed by atoms with Crippen LogP contribution in [0.3, 0.4) is 0 Å². The summed E-state index contributed by atoms with van der Waals surface area (Å²) in [7, 11) is 0. The molecule has 4 nitrogen and oxygen atoms in total. The fraction of sp³-hybridized carbons (Fsp3) is 0.545. The summed E-state index contributed by atoms with van der Waals surface area (Å²) in [6.07, 6.45) is 6.87. The Kier molecular flexibility index (Phi) is 6.44. The molecule has 0 unspecified atom stereocenters. The van der Waals surface area contributed by atoms with Gasteiger partial charge in [0.25, 0.3) is 0 Å². The SMILES string of the molecule is CCN1CCC[C@@H]1CNC(=O)CSc1c2c(nc3ccc(Cl)cc13)CCCC2. The number of hydrogen-bond acceptors (Lipinski definition) is 4. The van der Waals surface area contributed by atoms with Gasteiger partial charge < -0.3 is 5.32 Å². The van der Waals surface area contributed by atoms with Gasteiger partial charge in [0.05, 0.1) is 11.3 Å². The summed E-state index contributed by atoms with van der Waals surface area (Å²) in [5.74, 6) is 0.557. The number of nitrogens with zero attached hydrogens (tertiary/aromatic N) is 2. The van der Waals surface area contributed by atoms with Crippen LogP contribution in [0, 0.1) is 0 Å². The zero-order chi connectivity index (χ0) is 19.5. The van der Waals surface area contributed by atoms with Gasteiger partial charge in [-0.15, -0.1) is 11.8 Å². The van der Waals surface area contributed by atoms with Gasteiger partial charge in [0.15, 0.2) is 0 Å². The summed E-state index contributed by atoms with van der Waals surface area (Å²) in [4.78, 5) is 21.1. The molecular formula is C22H28ClN3OS. The van der Waals surface area contributed by atoms with Crippen molar-refractivity contribution >= 4 is 40.2 Å². The van der Waals surface area contributed by atoms with Crippen molar-refractivity contribution in [2.45, 2.75) is 56.4 Å². The summed E-state index contributed by atoms with van der Waals surface area (Å²) in [5.41, 5.74) is 3.51. The second-order valence-electron chi connectivity index (χ2n) is 7.75. The van der Waals surface area contributed by atoms with E-state index in [0.717, 1.165) is 48.4 Å². The van der Waals surface area contributed by atoms with E-state index in [0.29, 0.717) is 11.8 Å². The number of benzene rings is 1. The first-order valence-corrected chi connectivity index (χ1v) is 11.8. The average Bonchev–Trinajstić information content (AvgIpc) is 3.17. The van der Waals surface area contributed by atoms with Crippen molar-refractivity contribution in [3.05, 3.63) is 34.5 Å². The molecule has 1 saturated heterocycles. The normalized spacial score (nSPS) is 19.7. The van der Waals surface area contributed by atoms with Crippen LogP contribution in [-0.4, -0.2) is 47.2 Å². The minimum Gasteiger partial charge on any atom is -0.354 e. The lowest BCUT2D eigenvalue weighted by Gasteiger charge is -2.23. The first-order chi connectivity index (χ1) is 13.7. The summed E-state index contributed by atoms with van der Waals surface area (Å²) in [6, 6.07) is 6.38. The zero-order valence-corrected chi connectivity index (χ0v) is 18.0. The van der Waals surface area contributed by atoms with E-state index >= 15 is 0 Å². The highest BCUT2D eigenvalue weighted by Gasteiger charge is 2.24. The van der Waals surface area contributed by atoms with Crippen LogP contribution in [0.1, 0.15) is 43.9 Å². The number of carbonyl (C=O) groups is 1. The van der Waals surface area contributed by atoms with Crippen LogP contribution >= 0.6 is 23.4 Å². The molecule has 2 heterocycles. The molecule has 2 aliphatic rings. The number of hydrogen-bond donors (Lipinski definition) is 1. The van der Waals surface area contributed by atoms with E-state index in [9.17, 15) is 4.79 Å². The Bertz CT molecular complexity index is 872. The van der Waals surface area contributed by atoms with Gasteiger partial charge in [-0.2, -0.15) is 0 Å². The minimum absolute atomic E-state index is 0.115. The van der Waals surface area contributed by atoms with E-state index in [1.54, 1.807) is 11.8 Å². The van der Waals surface area contributed by atoms with Gasteiger partial charge in [-0.1, -0.05) is 18.5 Å². The number of amides is 1. The van der Waals surface area contributed by atoms with E-state index < -0.39 is 0 Å². The largest absolute Gasteiger partial charge is 0.354 e. The van der Waals surface area contributed by atoms with Crippen LogP contribution in [-0.2, 0) is 17.6 Å². The Balaban J connectivity index is 1.48. The Morgan fingerprint density at radius 1 is 1.32 bits per heavy atom. The smallest absolute Gasteiger partial charge is 0.230 e. The summed E-state index contributed by atoms with van der Waals surface area (Å²) >= 11 is 7.91. The first-order valence-electron chi connectivity index (χ1n) is 10.4. The molecule has 1 amide bonds. The number of nitrogens with one attached hydrogen (secondary N) is 1. The standard InChI is InChI=1S/C22H28ClN3OS/c1-2-26-11-5-6-16(26)13-24-21(27)14-28-22-17-7-3-4-8-19(17)25-20-10-9-15(23)12-18(20)22/h9-10,12,16H,2-8,11,13-14H2,1H3,(H,24,27)/t16-/m1/s1. The van der Waals surface area contributed by atoms with Crippen LogP contribution in [0.5, 0.6) is 0 Å². The lowest BCUT2D eigenvalue weighted by atomic mass is 9.94. The molecule has 1 aliphatic heterocycles. The van der Waals surface area contributed by atoms with E-state index in [1.807, 2.05) is 18.2 Å². The van der Waals surface area contributed by atoms with Gasteiger partial charge >= 0.3 is 0 Å². The Hall–Kier alpha value is -1.30. The van der Waals surface area contributed by atoms with Crippen LogP contribution in [0.25, 0.3) is 10.9 Å². The Labute approximate surface area is 176 Å². The number of pyridine rings is 1. The van der Waals surface area contributed by atoms with Crippen molar-refractivity contribution in [1.29, 1.82) is 0 Å². The summed E-state index contributed by atoms with van der Waals surface area (Å²) < 4.78 is 0. The second-order valence-corrected chi connectivity index (χ2v) is 9.17. The number of likely N-dealkylation sites (tertiary alicyclic amines) is 1. The molecule has 4 rings (SSSR count). The molecule has 0 saturated carbocycles.